The fraction of sp³-hybridized carbons (Fsp3) is 0.0667. The maximum Gasteiger partial charge on any atom is 0.469 e. The summed E-state index contributed by atoms with van der Waals surface area (Å²) in [4.78, 5) is 10.3. The third-order valence-electron chi connectivity index (χ3n) is 3.03. The van der Waals surface area contributed by atoms with Crippen molar-refractivity contribution >= 4 is 28.6 Å². The van der Waals surface area contributed by atoms with E-state index in [9.17, 15) is 10.1 Å². The van der Waals surface area contributed by atoms with E-state index < -0.39 is 15.2 Å². The summed E-state index contributed by atoms with van der Waals surface area (Å²) in [6.07, 6.45) is 0. The zero-order chi connectivity index (χ0) is 20.0. The SMILES string of the molecule is COc1cccc(-c2[s+][n-]c(-c3ccc([N+](=O)[O-])cc3)[s+]2)c1.[O-][Cl+3]([O-])([O-])[O-]. The Morgan fingerprint density at radius 3 is 2.22 bits per heavy atom. The lowest BCUT2D eigenvalue weighted by atomic mass is 10.2. The van der Waals surface area contributed by atoms with Crippen molar-refractivity contribution in [1.82, 2.24) is 4.37 Å². The fourth-order valence-electron chi connectivity index (χ4n) is 1.91. The Labute approximate surface area is 163 Å². The van der Waals surface area contributed by atoms with Crippen molar-refractivity contribution in [2.45, 2.75) is 0 Å². The molecule has 0 radical (unpaired) electrons. The predicted molar refractivity (Wildman–Crippen MR) is 88.4 cm³/mol. The number of benzene rings is 2. The van der Waals surface area contributed by atoms with Crippen molar-refractivity contribution in [3.8, 4) is 26.1 Å². The number of non-ortho nitro benzene ring substituents is 1. The number of hydrogen-bond donors (Lipinski definition) is 0. The largest absolute Gasteiger partial charge is 0.497 e. The van der Waals surface area contributed by atoms with Crippen LogP contribution in [0.15, 0.2) is 48.5 Å². The second-order valence-corrected chi connectivity index (χ2v) is 7.58. The number of hydrogen-bond acceptors (Lipinski definition) is 7. The molecule has 0 spiro atoms. The van der Waals surface area contributed by atoms with E-state index >= 15 is 0 Å². The average molecular weight is 431 g/mol. The lowest BCUT2D eigenvalue weighted by molar-refractivity contribution is -2.00. The van der Waals surface area contributed by atoms with Crippen LogP contribution >= 0.6 is 22.9 Å². The fourth-order valence-corrected chi connectivity index (χ4v) is 3.84. The number of methoxy groups -OCH3 is 1. The van der Waals surface area contributed by atoms with Crippen LogP contribution in [0.4, 0.5) is 5.69 Å². The summed E-state index contributed by atoms with van der Waals surface area (Å²) in [5, 5.41) is 11.5. The number of rotatable bonds is 4. The Balaban J connectivity index is 0.000000465. The summed E-state index contributed by atoms with van der Waals surface area (Å²) in [7, 11) is -3.31. The molecule has 0 aliphatic carbocycles. The summed E-state index contributed by atoms with van der Waals surface area (Å²) in [6, 6.07) is 14.2. The van der Waals surface area contributed by atoms with Gasteiger partial charge in [0, 0.05) is 17.7 Å². The number of nitro groups is 1. The lowest BCUT2D eigenvalue weighted by Crippen LogP contribution is -2.68. The maximum absolute atomic E-state index is 10.7. The first kappa shape index (κ1) is 21.1. The Morgan fingerprint density at radius 2 is 1.67 bits per heavy atom. The molecule has 9 nitrogen and oxygen atoms in total. The molecule has 0 unspecified atom stereocenters. The Hall–Kier alpha value is -2.25. The molecular weight excluding hydrogens is 420 g/mol. The van der Waals surface area contributed by atoms with Gasteiger partial charge in [0.25, 0.3) is 17.0 Å². The smallest absolute Gasteiger partial charge is 0.469 e. The molecular formula is C15H11ClN2O7S2. The highest BCUT2D eigenvalue weighted by atomic mass is 35.7. The van der Waals surface area contributed by atoms with Crippen molar-refractivity contribution in [1.29, 1.82) is 0 Å². The number of nitro benzene ring substituents is 1. The van der Waals surface area contributed by atoms with Gasteiger partial charge >= 0.3 is 4.19 Å². The monoisotopic (exact) mass is 430 g/mol. The van der Waals surface area contributed by atoms with Crippen molar-refractivity contribution in [2.24, 2.45) is 0 Å². The van der Waals surface area contributed by atoms with Gasteiger partial charge in [-0.2, -0.15) is 0 Å². The van der Waals surface area contributed by atoms with E-state index in [1.807, 2.05) is 24.3 Å². The van der Waals surface area contributed by atoms with E-state index in [4.69, 9.17) is 23.4 Å². The van der Waals surface area contributed by atoms with Gasteiger partial charge in [0.1, 0.15) is 11.3 Å². The molecule has 2 aromatic carbocycles. The molecule has 0 amide bonds. The minimum Gasteiger partial charge on any atom is -0.497 e. The molecule has 0 bridgehead atoms. The summed E-state index contributed by atoms with van der Waals surface area (Å²) < 4.78 is 44.7. The Morgan fingerprint density at radius 1 is 1.04 bits per heavy atom. The van der Waals surface area contributed by atoms with Crippen LogP contribution in [-0.2, 0) is 0 Å². The molecule has 1 aromatic heterocycles. The third-order valence-corrected chi connectivity index (χ3v) is 5.24. The second-order valence-electron chi connectivity index (χ2n) is 4.79. The molecule has 0 N–H and O–H groups in total. The molecule has 0 saturated heterocycles. The van der Waals surface area contributed by atoms with Crippen LogP contribution < -0.4 is 27.7 Å². The van der Waals surface area contributed by atoms with Gasteiger partial charge in [-0.1, -0.05) is 6.07 Å². The minimum absolute atomic E-state index is 0.0806. The van der Waals surface area contributed by atoms with Crippen molar-refractivity contribution in [2.75, 3.05) is 7.11 Å². The van der Waals surface area contributed by atoms with Gasteiger partial charge in [0.05, 0.1) is 12.0 Å². The number of aromatic nitrogens is 1. The van der Waals surface area contributed by atoms with Gasteiger partial charge in [0.15, 0.2) is 5.01 Å². The van der Waals surface area contributed by atoms with Gasteiger partial charge in [-0.25, -0.2) is 18.6 Å². The van der Waals surface area contributed by atoms with Crippen LogP contribution in [0.1, 0.15) is 0 Å². The summed E-state index contributed by atoms with van der Waals surface area (Å²) in [5.41, 5.74) is 2.01. The first-order chi connectivity index (χ1) is 12.7. The molecule has 0 aliphatic heterocycles. The molecule has 0 saturated carbocycles. The van der Waals surface area contributed by atoms with E-state index in [2.05, 4.69) is 4.37 Å². The maximum atomic E-state index is 10.7. The average Bonchev–Trinajstić information content (AvgIpc) is 3.10. The van der Waals surface area contributed by atoms with Crippen molar-refractivity contribution < 1.29 is 38.5 Å². The molecule has 0 atom stereocenters. The predicted octanol–water partition coefficient (Wildman–Crippen LogP) is -0.176. The lowest BCUT2D eigenvalue weighted by Gasteiger charge is -2.17. The summed E-state index contributed by atoms with van der Waals surface area (Å²) in [6.45, 7) is 0. The van der Waals surface area contributed by atoms with E-state index in [0.717, 1.165) is 26.1 Å². The normalized spacial score (nSPS) is 10.7. The second kappa shape index (κ2) is 9.10. The molecule has 3 rings (SSSR count). The molecule has 12 heteroatoms. The first-order valence-electron chi connectivity index (χ1n) is 6.98. The number of nitrogens with zero attached hydrogens (tertiary/aromatic N) is 2. The van der Waals surface area contributed by atoms with E-state index in [1.54, 1.807) is 30.6 Å². The van der Waals surface area contributed by atoms with Gasteiger partial charge in [0.2, 0.25) is 11.5 Å². The molecule has 1 heterocycles. The van der Waals surface area contributed by atoms with Gasteiger partial charge < -0.3 is 9.11 Å². The van der Waals surface area contributed by atoms with Crippen LogP contribution in [0.25, 0.3) is 20.3 Å². The van der Waals surface area contributed by atoms with Crippen molar-refractivity contribution in [3.63, 3.8) is 0 Å². The topological polar surface area (TPSA) is 159 Å². The zero-order valence-corrected chi connectivity index (χ0v) is 16.0. The van der Waals surface area contributed by atoms with Crippen LogP contribution in [0.3, 0.4) is 0 Å². The molecule has 27 heavy (non-hydrogen) atoms. The van der Waals surface area contributed by atoms with Gasteiger partial charge in [-0.3, -0.25) is 10.1 Å². The summed E-state index contributed by atoms with van der Waals surface area (Å²) in [5.74, 6) is 0.801. The standard InChI is InChI=1S/C15H11N2O3S2.ClHO4/c1-20-13-4-2-3-11(9-13)15-21-14(16-22-15)10-5-7-12(8-6-10)17(18)19;2-1(3,4)5/h2-9H,1H3;(H,2,3,4,5)/q+1;/p-1. The highest BCUT2D eigenvalue weighted by Gasteiger charge is 2.24. The van der Waals surface area contributed by atoms with Gasteiger partial charge in [-0.15, -0.1) is 10.2 Å². The van der Waals surface area contributed by atoms with E-state index in [-0.39, 0.29) is 5.69 Å². The zero-order valence-electron chi connectivity index (χ0n) is 13.6. The first-order valence-corrected chi connectivity index (χ1v) is 9.80. The Kier molecular flexibility index (Phi) is 7.10. The summed E-state index contributed by atoms with van der Waals surface area (Å²) >= 11 is 2.96. The molecule has 0 fully saturated rings. The van der Waals surface area contributed by atoms with Gasteiger partial charge in [-0.05, 0) is 30.3 Å². The number of halogens is 1. The third kappa shape index (κ3) is 6.77. The number of ether oxygens (including phenoxy) is 1. The highest BCUT2D eigenvalue weighted by Crippen LogP contribution is 2.36. The van der Waals surface area contributed by atoms with E-state index in [0.29, 0.717) is 0 Å². The highest BCUT2D eigenvalue weighted by molar-refractivity contribution is 7.34. The molecule has 0 aliphatic rings. The van der Waals surface area contributed by atoms with Crippen LogP contribution in [-0.4, -0.2) is 12.0 Å². The van der Waals surface area contributed by atoms with Crippen molar-refractivity contribution in [3.05, 3.63) is 58.6 Å². The van der Waals surface area contributed by atoms with E-state index in [1.165, 1.54) is 23.7 Å². The van der Waals surface area contributed by atoms with Crippen LogP contribution in [0, 0.1) is 20.4 Å². The van der Waals surface area contributed by atoms with Crippen LogP contribution in [0.2, 0.25) is 0 Å². The van der Waals surface area contributed by atoms with Crippen LogP contribution in [0.5, 0.6) is 5.75 Å². The quantitative estimate of drug-likeness (QED) is 0.313. The Bertz CT molecular complexity index is 907. The minimum atomic E-state index is -4.94. The molecule has 3 aromatic rings. The molecule has 142 valence electrons.